The van der Waals surface area contributed by atoms with Gasteiger partial charge in [0.05, 0.1) is 7.11 Å². The number of likely N-dealkylation sites (tertiary alicyclic amines) is 1. The van der Waals surface area contributed by atoms with Gasteiger partial charge in [0, 0.05) is 24.2 Å². The molecule has 2 rings (SSSR count). The molecule has 0 aromatic heterocycles. The van der Waals surface area contributed by atoms with Crippen LogP contribution in [0.2, 0.25) is 0 Å². The first-order valence-electron chi connectivity index (χ1n) is 7.01. The van der Waals surface area contributed by atoms with Gasteiger partial charge in [0.1, 0.15) is 11.6 Å². The van der Waals surface area contributed by atoms with Crippen molar-refractivity contribution in [2.24, 2.45) is 5.73 Å². The van der Waals surface area contributed by atoms with E-state index in [1.54, 1.807) is 7.11 Å². The maximum atomic E-state index is 14.0. The second kappa shape index (κ2) is 6.87. The highest BCUT2D eigenvalue weighted by Gasteiger charge is 2.22. The van der Waals surface area contributed by atoms with Gasteiger partial charge in [-0.3, -0.25) is 4.90 Å². The van der Waals surface area contributed by atoms with Crippen molar-refractivity contribution in [3.8, 4) is 5.75 Å². The van der Waals surface area contributed by atoms with Crippen LogP contribution in [0.5, 0.6) is 5.75 Å². The van der Waals surface area contributed by atoms with E-state index in [0.29, 0.717) is 24.9 Å². The van der Waals surface area contributed by atoms with Crippen molar-refractivity contribution in [1.82, 2.24) is 4.90 Å². The average Bonchev–Trinajstić information content (AvgIpc) is 2.43. The van der Waals surface area contributed by atoms with Gasteiger partial charge in [-0.1, -0.05) is 12.5 Å². The number of rotatable bonds is 5. The second-order valence-corrected chi connectivity index (χ2v) is 5.15. The molecule has 0 saturated carbocycles. The molecule has 1 fully saturated rings. The number of methoxy groups -OCH3 is 1. The molecule has 1 aliphatic rings. The van der Waals surface area contributed by atoms with Gasteiger partial charge >= 0.3 is 0 Å². The largest absolute Gasteiger partial charge is 0.497 e. The normalized spacial score (nSPS) is 20.5. The molecule has 2 N–H and O–H groups in total. The van der Waals surface area contributed by atoms with Crippen molar-refractivity contribution in [3.63, 3.8) is 0 Å². The first kappa shape index (κ1) is 14.3. The number of nitrogens with zero attached hydrogens (tertiary/aromatic N) is 1. The lowest BCUT2D eigenvalue weighted by Gasteiger charge is -2.35. The Kier molecular flexibility index (Phi) is 5.16. The molecule has 3 nitrogen and oxygen atoms in total. The van der Waals surface area contributed by atoms with Crippen LogP contribution in [0.3, 0.4) is 0 Å². The zero-order valence-corrected chi connectivity index (χ0v) is 11.6. The third-order valence-corrected chi connectivity index (χ3v) is 3.88. The van der Waals surface area contributed by atoms with E-state index in [1.807, 2.05) is 12.1 Å². The molecule has 106 valence electrons. The van der Waals surface area contributed by atoms with Gasteiger partial charge in [-0.15, -0.1) is 0 Å². The van der Waals surface area contributed by atoms with E-state index in [2.05, 4.69) is 4.90 Å². The number of hydrogen-bond acceptors (Lipinski definition) is 3. The van der Waals surface area contributed by atoms with Crippen LogP contribution in [0.25, 0.3) is 0 Å². The van der Waals surface area contributed by atoms with Crippen LogP contribution in [0.15, 0.2) is 18.2 Å². The van der Waals surface area contributed by atoms with E-state index in [0.717, 1.165) is 18.5 Å². The molecular formula is C15H23FN2O. The van der Waals surface area contributed by atoms with Crippen molar-refractivity contribution in [3.05, 3.63) is 29.6 Å². The third kappa shape index (κ3) is 3.67. The lowest BCUT2D eigenvalue weighted by molar-refractivity contribution is 0.132. The quantitative estimate of drug-likeness (QED) is 0.890. The van der Waals surface area contributed by atoms with Crippen molar-refractivity contribution in [1.29, 1.82) is 0 Å². The SMILES string of the molecule is COc1ccc(CN2CCCCC2CCN)c(F)c1. The fourth-order valence-corrected chi connectivity index (χ4v) is 2.79. The minimum atomic E-state index is -0.184. The zero-order chi connectivity index (χ0) is 13.7. The molecule has 1 aromatic carbocycles. The highest BCUT2D eigenvalue weighted by molar-refractivity contribution is 5.28. The predicted molar refractivity (Wildman–Crippen MR) is 74.7 cm³/mol. The highest BCUT2D eigenvalue weighted by atomic mass is 19.1. The average molecular weight is 266 g/mol. The van der Waals surface area contributed by atoms with Gasteiger partial charge in [-0.2, -0.15) is 0 Å². The predicted octanol–water partition coefficient (Wildman–Crippen LogP) is 2.54. The highest BCUT2D eigenvalue weighted by Crippen LogP contribution is 2.24. The van der Waals surface area contributed by atoms with Crippen LogP contribution >= 0.6 is 0 Å². The van der Waals surface area contributed by atoms with Gasteiger partial charge in [-0.25, -0.2) is 4.39 Å². The Morgan fingerprint density at radius 2 is 2.26 bits per heavy atom. The van der Waals surface area contributed by atoms with Crippen molar-refractivity contribution < 1.29 is 9.13 Å². The summed E-state index contributed by atoms with van der Waals surface area (Å²) in [7, 11) is 1.55. The lowest BCUT2D eigenvalue weighted by Crippen LogP contribution is -2.40. The molecule has 4 heteroatoms. The molecule has 0 aliphatic carbocycles. The molecule has 0 bridgehead atoms. The Labute approximate surface area is 114 Å². The monoisotopic (exact) mass is 266 g/mol. The van der Waals surface area contributed by atoms with Crippen LogP contribution in [0, 0.1) is 5.82 Å². The van der Waals surface area contributed by atoms with Crippen LogP contribution in [-0.2, 0) is 6.54 Å². The van der Waals surface area contributed by atoms with Gasteiger partial charge in [0.25, 0.3) is 0 Å². The summed E-state index contributed by atoms with van der Waals surface area (Å²) >= 11 is 0. The minimum absolute atomic E-state index is 0.184. The summed E-state index contributed by atoms with van der Waals surface area (Å²) in [5.74, 6) is 0.384. The zero-order valence-electron chi connectivity index (χ0n) is 11.6. The standard InChI is InChI=1S/C15H23FN2O/c1-19-14-6-5-12(15(16)10-14)11-18-9-3-2-4-13(18)7-8-17/h5-6,10,13H,2-4,7-9,11,17H2,1H3. The molecule has 1 unspecified atom stereocenters. The first-order chi connectivity index (χ1) is 9.24. The maximum absolute atomic E-state index is 14.0. The Balaban J connectivity index is 2.06. The van der Waals surface area contributed by atoms with Crippen LogP contribution in [-0.4, -0.2) is 31.1 Å². The number of piperidine rings is 1. The molecule has 1 aromatic rings. The summed E-state index contributed by atoms with van der Waals surface area (Å²) < 4.78 is 19.0. The van der Waals surface area contributed by atoms with E-state index in [4.69, 9.17) is 10.5 Å². The van der Waals surface area contributed by atoms with Gasteiger partial charge < -0.3 is 10.5 Å². The molecule has 1 aliphatic heterocycles. The second-order valence-electron chi connectivity index (χ2n) is 5.15. The fourth-order valence-electron chi connectivity index (χ4n) is 2.79. The summed E-state index contributed by atoms with van der Waals surface area (Å²) in [5, 5.41) is 0. The molecule has 0 radical (unpaired) electrons. The van der Waals surface area contributed by atoms with E-state index in [-0.39, 0.29) is 5.82 Å². The Hall–Kier alpha value is -1.13. The summed E-state index contributed by atoms with van der Waals surface area (Å²) in [6, 6.07) is 5.60. The molecule has 1 heterocycles. The molecule has 1 saturated heterocycles. The smallest absolute Gasteiger partial charge is 0.131 e. The van der Waals surface area contributed by atoms with Gasteiger partial charge in [0.15, 0.2) is 0 Å². The lowest BCUT2D eigenvalue weighted by atomic mass is 9.98. The van der Waals surface area contributed by atoms with Crippen LogP contribution < -0.4 is 10.5 Å². The molecule has 0 spiro atoms. The molecule has 1 atom stereocenters. The van der Waals surface area contributed by atoms with E-state index in [9.17, 15) is 4.39 Å². The summed E-state index contributed by atoms with van der Waals surface area (Å²) in [4.78, 5) is 2.36. The Morgan fingerprint density at radius 3 is 2.95 bits per heavy atom. The van der Waals surface area contributed by atoms with Crippen LogP contribution in [0.1, 0.15) is 31.2 Å². The van der Waals surface area contributed by atoms with Crippen molar-refractivity contribution in [2.75, 3.05) is 20.2 Å². The Morgan fingerprint density at radius 1 is 1.42 bits per heavy atom. The molecular weight excluding hydrogens is 243 g/mol. The number of ether oxygens (including phenoxy) is 1. The van der Waals surface area contributed by atoms with E-state index >= 15 is 0 Å². The van der Waals surface area contributed by atoms with E-state index in [1.165, 1.54) is 25.3 Å². The van der Waals surface area contributed by atoms with E-state index < -0.39 is 0 Å². The third-order valence-electron chi connectivity index (χ3n) is 3.88. The topological polar surface area (TPSA) is 38.5 Å². The number of benzene rings is 1. The molecule has 19 heavy (non-hydrogen) atoms. The van der Waals surface area contributed by atoms with Gasteiger partial charge in [0.2, 0.25) is 0 Å². The summed E-state index contributed by atoms with van der Waals surface area (Å²) in [6.45, 7) is 2.41. The summed E-state index contributed by atoms with van der Waals surface area (Å²) in [5.41, 5.74) is 6.41. The van der Waals surface area contributed by atoms with Crippen molar-refractivity contribution >= 4 is 0 Å². The Bertz CT molecular complexity index is 409. The number of halogens is 1. The minimum Gasteiger partial charge on any atom is -0.497 e. The summed E-state index contributed by atoms with van der Waals surface area (Å²) in [6.07, 6.45) is 4.62. The fraction of sp³-hybridized carbons (Fsp3) is 0.600. The van der Waals surface area contributed by atoms with Crippen LogP contribution in [0.4, 0.5) is 4.39 Å². The molecule has 0 amide bonds. The number of hydrogen-bond donors (Lipinski definition) is 1. The van der Waals surface area contributed by atoms with Gasteiger partial charge in [-0.05, 0) is 38.4 Å². The first-order valence-corrected chi connectivity index (χ1v) is 7.01. The maximum Gasteiger partial charge on any atom is 0.131 e. The van der Waals surface area contributed by atoms with Crippen molar-refractivity contribution in [2.45, 2.75) is 38.3 Å². The number of nitrogens with two attached hydrogens (primary N) is 1.